The van der Waals surface area contributed by atoms with Crippen molar-refractivity contribution in [2.45, 2.75) is 31.7 Å². The Morgan fingerprint density at radius 3 is 2.68 bits per heavy atom. The molecule has 22 heavy (non-hydrogen) atoms. The van der Waals surface area contributed by atoms with E-state index in [1.807, 2.05) is 12.1 Å². The monoisotopic (exact) mass is 301 g/mol. The quantitative estimate of drug-likeness (QED) is 0.874. The van der Waals surface area contributed by atoms with Gasteiger partial charge in [-0.25, -0.2) is 0 Å². The van der Waals surface area contributed by atoms with Gasteiger partial charge in [0.25, 0.3) is 0 Å². The van der Waals surface area contributed by atoms with Crippen molar-refractivity contribution in [3.63, 3.8) is 0 Å². The van der Waals surface area contributed by atoms with E-state index in [0.29, 0.717) is 17.5 Å². The maximum Gasteiger partial charge on any atom is 0.248 e. The van der Waals surface area contributed by atoms with Gasteiger partial charge in [-0.3, -0.25) is 9.59 Å². The van der Waals surface area contributed by atoms with Crippen LogP contribution in [0.1, 0.15) is 41.6 Å². The Morgan fingerprint density at radius 2 is 2.05 bits per heavy atom. The summed E-state index contributed by atoms with van der Waals surface area (Å²) in [6, 6.07) is 7.66. The summed E-state index contributed by atoms with van der Waals surface area (Å²) in [5.41, 5.74) is 6.90. The van der Waals surface area contributed by atoms with Gasteiger partial charge in [-0.2, -0.15) is 0 Å². The van der Waals surface area contributed by atoms with Crippen LogP contribution in [0.5, 0.6) is 0 Å². The van der Waals surface area contributed by atoms with Gasteiger partial charge in [0.1, 0.15) is 0 Å². The molecular weight excluding hydrogens is 278 g/mol. The van der Waals surface area contributed by atoms with E-state index in [1.165, 1.54) is 0 Å². The summed E-state index contributed by atoms with van der Waals surface area (Å²) < 4.78 is 0. The van der Waals surface area contributed by atoms with Gasteiger partial charge >= 0.3 is 0 Å². The van der Waals surface area contributed by atoms with Crippen molar-refractivity contribution in [3.05, 3.63) is 35.4 Å². The smallest absolute Gasteiger partial charge is 0.248 e. The Morgan fingerprint density at radius 1 is 1.32 bits per heavy atom. The van der Waals surface area contributed by atoms with Crippen molar-refractivity contribution in [1.29, 1.82) is 0 Å². The lowest BCUT2D eigenvalue weighted by Crippen LogP contribution is -2.53. The third-order valence-corrected chi connectivity index (χ3v) is 4.84. The topological polar surface area (TPSA) is 75.4 Å². The van der Waals surface area contributed by atoms with Crippen LogP contribution in [0.4, 0.5) is 0 Å². The second-order valence-electron chi connectivity index (χ2n) is 6.23. The Hall–Kier alpha value is -1.88. The Balaban J connectivity index is 1.65. The average molecular weight is 301 g/mol. The largest absolute Gasteiger partial charge is 0.366 e. The molecule has 1 aliphatic heterocycles. The lowest BCUT2D eigenvalue weighted by atomic mass is 10.0. The molecule has 2 aliphatic rings. The van der Waals surface area contributed by atoms with Crippen molar-refractivity contribution >= 4 is 11.8 Å². The number of carbonyl (C=O) groups excluding carboxylic acids is 2. The van der Waals surface area contributed by atoms with Crippen LogP contribution in [0.3, 0.4) is 0 Å². The van der Waals surface area contributed by atoms with E-state index in [1.54, 1.807) is 12.1 Å². The number of carbonyl (C=O) groups is 2. The van der Waals surface area contributed by atoms with Crippen LogP contribution in [-0.4, -0.2) is 42.4 Å². The highest BCUT2D eigenvalue weighted by atomic mass is 16.2. The highest BCUT2D eigenvalue weighted by Gasteiger charge is 2.46. The molecule has 1 saturated carbocycles. The minimum absolute atomic E-state index is 0.103. The molecule has 3 rings (SSSR count). The summed E-state index contributed by atoms with van der Waals surface area (Å²) in [5.74, 6) is 0.271. The molecule has 0 bridgehead atoms. The van der Waals surface area contributed by atoms with E-state index < -0.39 is 5.91 Å². The number of hydrogen-bond donors (Lipinski definition) is 2. The molecule has 1 aromatic rings. The molecule has 2 fully saturated rings. The minimum Gasteiger partial charge on any atom is -0.366 e. The Labute approximate surface area is 130 Å². The highest BCUT2D eigenvalue weighted by Crippen LogP contribution is 2.48. The third-order valence-electron chi connectivity index (χ3n) is 4.84. The molecule has 3 atom stereocenters. The molecule has 1 aromatic carbocycles. The second kappa shape index (κ2) is 6.08. The van der Waals surface area contributed by atoms with Crippen molar-refractivity contribution in [3.8, 4) is 0 Å². The number of nitrogens with one attached hydrogen (secondary N) is 1. The normalized spacial score (nSPS) is 27.5. The summed E-state index contributed by atoms with van der Waals surface area (Å²) >= 11 is 0. The minimum atomic E-state index is -0.415. The number of benzene rings is 1. The Bertz CT molecular complexity index is 570. The maximum absolute atomic E-state index is 12.7. The van der Waals surface area contributed by atoms with Crippen LogP contribution in [0.2, 0.25) is 0 Å². The third kappa shape index (κ3) is 2.86. The van der Waals surface area contributed by atoms with Gasteiger partial charge in [0, 0.05) is 37.2 Å². The van der Waals surface area contributed by atoms with Gasteiger partial charge < -0.3 is 16.0 Å². The predicted molar refractivity (Wildman–Crippen MR) is 84.5 cm³/mol. The molecule has 1 aliphatic carbocycles. The summed E-state index contributed by atoms with van der Waals surface area (Å²) in [5, 5.41) is 3.35. The van der Waals surface area contributed by atoms with Gasteiger partial charge in [-0.15, -0.1) is 0 Å². The first kappa shape index (κ1) is 15.0. The first-order chi connectivity index (χ1) is 10.6. The fourth-order valence-electron chi connectivity index (χ4n) is 3.36. The molecule has 1 heterocycles. The molecule has 0 radical (unpaired) electrons. The zero-order chi connectivity index (χ0) is 15.7. The number of nitrogens with two attached hydrogens (primary N) is 1. The number of amides is 2. The molecule has 2 amide bonds. The van der Waals surface area contributed by atoms with Crippen LogP contribution >= 0.6 is 0 Å². The zero-order valence-corrected chi connectivity index (χ0v) is 12.9. The maximum atomic E-state index is 12.7. The standard InChI is InChI=1S/C17H23N3O2/c1-2-13-10-19-7-8-20(13)17(22)15-9-14(15)11-3-5-12(6-4-11)16(18)21/h3-6,13-15,19H,2,7-10H2,1H3,(H2,18,21)/t13-,14-,15+/m0/s1. The first-order valence-corrected chi connectivity index (χ1v) is 8.02. The van der Waals surface area contributed by atoms with Crippen LogP contribution in [0.25, 0.3) is 0 Å². The van der Waals surface area contributed by atoms with Crippen molar-refractivity contribution in [1.82, 2.24) is 10.2 Å². The number of nitrogens with zero attached hydrogens (tertiary/aromatic N) is 1. The lowest BCUT2D eigenvalue weighted by molar-refractivity contribution is -0.135. The first-order valence-electron chi connectivity index (χ1n) is 8.02. The molecule has 118 valence electrons. The van der Waals surface area contributed by atoms with E-state index in [0.717, 1.165) is 38.0 Å². The molecule has 5 nitrogen and oxygen atoms in total. The second-order valence-corrected chi connectivity index (χ2v) is 6.23. The summed E-state index contributed by atoms with van der Waals surface area (Å²) in [7, 11) is 0. The molecule has 0 aromatic heterocycles. The van der Waals surface area contributed by atoms with Gasteiger partial charge in [-0.05, 0) is 36.5 Å². The van der Waals surface area contributed by atoms with Crippen LogP contribution in [0.15, 0.2) is 24.3 Å². The van der Waals surface area contributed by atoms with Gasteiger partial charge in [-0.1, -0.05) is 19.1 Å². The van der Waals surface area contributed by atoms with E-state index in [4.69, 9.17) is 5.73 Å². The summed E-state index contributed by atoms with van der Waals surface area (Å²) in [6.07, 6.45) is 1.90. The van der Waals surface area contributed by atoms with Crippen molar-refractivity contribution in [2.24, 2.45) is 11.7 Å². The SMILES string of the molecule is CC[C@H]1CNCCN1C(=O)[C@@H]1C[C@H]1c1ccc(C(N)=O)cc1. The van der Waals surface area contributed by atoms with Gasteiger partial charge in [0.2, 0.25) is 11.8 Å². The lowest BCUT2D eigenvalue weighted by Gasteiger charge is -2.36. The number of piperazine rings is 1. The Kier molecular flexibility index (Phi) is 4.16. The van der Waals surface area contributed by atoms with E-state index in [2.05, 4.69) is 17.1 Å². The summed E-state index contributed by atoms with van der Waals surface area (Å²) in [4.78, 5) is 25.9. The number of hydrogen-bond acceptors (Lipinski definition) is 3. The van der Waals surface area contributed by atoms with Crippen molar-refractivity contribution < 1.29 is 9.59 Å². The molecule has 1 saturated heterocycles. The van der Waals surface area contributed by atoms with Crippen LogP contribution in [0, 0.1) is 5.92 Å². The van der Waals surface area contributed by atoms with Crippen molar-refractivity contribution in [2.75, 3.05) is 19.6 Å². The van der Waals surface area contributed by atoms with Gasteiger partial charge in [0.15, 0.2) is 0 Å². The number of rotatable bonds is 4. The molecule has 0 spiro atoms. The predicted octanol–water partition coefficient (Wildman–Crippen LogP) is 1.10. The average Bonchev–Trinajstić information content (AvgIpc) is 3.35. The molecule has 0 unspecified atom stereocenters. The van der Waals surface area contributed by atoms with Crippen LogP contribution < -0.4 is 11.1 Å². The highest BCUT2D eigenvalue weighted by molar-refractivity contribution is 5.92. The molecule has 5 heteroatoms. The fourth-order valence-corrected chi connectivity index (χ4v) is 3.36. The molecule has 3 N–H and O–H groups in total. The van der Waals surface area contributed by atoms with Crippen LogP contribution in [-0.2, 0) is 4.79 Å². The van der Waals surface area contributed by atoms with E-state index in [-0.39, 0.29) is 11.8 Å². The summed E-state index contributed by atoms with van der Waals surface area (Å²) in [6.45, 7) is 4.71. The number of primary amides is 1. The fraction of sp³-hybridized carbons (Fsp3) is 0.529. The zero-order valence-electron chi connectivity index (χ0n) is 12.9. The van der Waals surface area contributed by atoms with Gasteiger partial charge in [0.05, 0.1) is 0 Å². The van der Waals surface area contributed by atoms with E-state index in [9.17, 15) is 9.59 Å². The molecular formula is C17H23N3O2. The van der Waals surface area contributed by atoms with E-state index >= 15 is 0 Å².